The second-order valence-electron chi connectivity index (χ2n) is 7.51. The van der Waals surface area contributed by atoms with Crippen molar-refractivity contribution in [1.82, 2.24) is 10.2 Å². The molecule has 1 aliphatic rings. The molecule has 3 aromatic rings. The van der Waals surface area contributed by atoms with Gasteiger partial charge in [-0.05, 0) is 67.8 Å². The number of furan rings is 1. The van der Waals surface area contributed by atoms with Gasteiger partial charge in [-0.2, -0.15) is 0 Å². The summed E-state index contributed by atoms with van der Waals surface area (Å²) in [6.07, 6.45) is 0. The van der Waals surface area contributed by atoms with E-state index in [0.717, 1.165) is 31.9 Å². The Kier molecular flexibility index (Phi) is 7.01. The molecule has 1 fully saturated rings. The first-order valence-electron chi connectivity index (χ1n) is 10.1. The molecule has 1 aromatic heterocycles. The molecule has 1 saturated heterocycles. The molecule has 1 amide bonds. The van der Waals surface area contributed by atoms with Crippen LogP contribution >= 0.6 is 35.4 Å². The van der Waals surface area contributed by atoms with Crippen LogP contribution in [0.4, 0.5) is 11.4 Å². The zero-order valence-corrected chi connectivity index (χ0v) is 19.7. The maximum Gasteiger partial charge on any atom is 0.293 e. The number of carbonyl (C=O) groups excluding carboxylic acids is 1. The van der Waals surface area contributed by atoms with Gasteiger partial charge in [0.05, 0.1) is 10.0 Å². The molecule has 0 atom stereocenters. The predicted octanol–water partition coefficient (Wildman–Crippen LogP) is 5.13. The van der Waals surface area contributed by atoms with Crippen molar-refractivity contribution in [1.29, 1.82) is 0 Å². The van der Waals surface area contributed by atoms with Gasteiger partial charge in [-0.3, -0.25) is 10.1 Å². The van der Waals surface area contributed by atoms with Gasteiger partial charge in [0, 0.05) is 43.1 Å². The van der Waals surface area contributed by atoms with E-state index < -0.39 is 5.91 Å². The van der Waals surface area contributed by atoms with E-state index in [1.54, 1.807) is 30.3 Å². The molecule has 4 rings (SSSR count). The van der Waals surface area contributed by atoms with Crippen molar-refractivity contribution in [2.24, 2.45) is 0 Å². The fraction of sp³-hybridized carbons (Fsp3) is 0.217. The van der Waals surface area contributed by atoms with Gasteiger partial charge in [0.2, 0.25) is 0 Å². The van der Waals surface area contributed by atoms with Crippen LogP contribution in [0.3, 0.4) is 0 Å². The Morgan fingerprint density at radius 3 is 2.44 bits per heavy atom. The number of amides is 1. The smallest absolute Gasteiger partial charge is 0.293 e. The number of likely N-dealkylation sites (N-methyl/N-ethyl adjacent to an activating group) is 1. The number of hydrogen-bond donors (Lipinski definition) is 2. The fourth-order valence-corrected chi connectivity index (χ4v) is 4.05. The van der Waals surface area contributed by atoms with Crippen molar-refractivity contribution < 1.29 is 9.21 Å². The molecule has 32 heavy (non-hydrogen) atoms. The Morgan fingerprint density at radius 2 is 1.72 bits per heavy atom. The number of halogens is 2. The molecule has 2 heterocycles. The zero-order chi connectivity index (χ0) is 22.7. The number of piperazine rings is 1. The molecule has 2 aromatic carbocycles. The molecule has 0 saturated carbocycles. The van der Waals surface area contributed by atoms with Crippen LogP contribution in [0.25, 0.3) is 11.3 Å². The van der Waals surface area contributed by atoms with E-state index in [-0.39, 0.29) is 10.9 Å². The van der Waals surface area contributed by atoms with Crippen LogP contribution in [0.1, 0.15) is 10.6 Å². The minimum atomic E-state index is -0.457. The first-order chi connectivity index (χ1) is 15.4. The molecule has 9 heteroatoms. The largest absolute Gasteiger partial charge is 0.451 e. The van der Waals surface area contributed by atoms with Gasteiger partial charge in [0.15, 0.2) is 10.9 Å². The van der Waals surface area contributed by atoms with Crippen LogP contribution in [-0.2, 0) is 0 Å². The Balaban J connectivity index is 1.35. The van der Waals surface area contributed by atoms with Crippen LogP contribution in [-0.4, -0.2) is 49.1 Å². The number of hydrogen-bond acceptors (Lipinski definition) is 5. The van der Waals surface area contributed by atoms with Gasteiger partial charge in [0.1, 0.15) is 5.76 Å². The second kappa shape index (κ2) is 9.92. The monoisotopic (exact) mass is 488 g/mol. The summed E-state index contributed by atoms with van der Waals surface area (Å²) in [5.74, 6) is 0.104. The predicted molar refractivity (Wildman–Crippen MR) is 134 cm³/mol. The first-order valence-corrected chi connectivity index (χ1v) is 11.3. The minimum Gasteiger partial charge on any atom is -0.451 e. The quantitative estimate of drug-likeness (QED) is 0.496. The third-order valence-corrected chi connectivity index (χ3v) is 6.29. The average Bonchev–Trinajstić information content (AvgIpc) is 3.27. The van der Waals surface area contributed by atoms with Crippen LogP contribution in [0.2, 0.25) is 10.0 Å². The maximum absolute atomic E-state index is 12.5. The molecule has 0 radical (unpaired) electrons. The van der Waals surface area contributed by atoms with Crippen molar-refractivity contribution in [3.8, 4) is 11.3 Å². The number of thiocarbonyl (C=S) groups is 1. The summed E-state index contributed by atoms with van der Waals surface area (Å²) in [5.41, 5.74) is 2.57. The van der Waals surface area contributed by atoms with E-state index >= 15 is 0 Å². The molecular weight excluding hydrogens is 467 g/mol. The van der Waals surface area contributed by atoms with E-state index in [1.165, 1.54) is 5.69 Å². The highest BCUT2D eigenvalue weighted by atomic mass is 35.5. The van der Waals surface area contributed by atoms with E-state index in [9.17, 15) is 4.79 Å². The van der Waals surface area contributed by atoms with E-state index in [4.69, 9.17) is 39.8 Å². The Morgan fingerprint density at radius 1 is 1.00 bits per heavy atom. The van der Waals surface area contributed by atoms with Crippen LogP contribution in [0, 0.1) is 0 Å². The van der Waals surface area contributed by atoms with Gasteiger partial charge in [-0.15, -0.1) is 0 Å². The van der Waals surface area contributed by atoms with Crippen molar-refractivity contribution in [3.63, 3.8) is 0 Å². The summed E-state index contributed by atoms with van der Waals surface area (Å²) >= 11 is 17.6. The highest BCUT2D eigenvalue weighted by Gasteiger charge is 2.17. The zero-order valence-electron chi connectivity index (χ0n) is 17.4. The van der Waals surface area contributed by atoms with Crippen molar-refractivity contribution >= 4 is 57.8 Å². The summed E-state index contributed by atoms with van der Waals surface area (Å²) in [6, 6.07) is 16.4. The van der Waals surface area contributed by atoms with E-state index in [0.29, 0.717) is 21.4 Å². The summed E-state index contributed by atoms with van der Waals surface area (Å²) in [7, 11) is 2.13. The molecular formula is C23H22Cl2N4O2S. The standard InChI is InChI=1S/C23H22Cl2N4O2S/c1-28-11-13-29(14-12-28)16-7-5-15(6-8-16)26-23(32)27-22(30)20-10-9-19(31-20)17-3-2-4-18(24)21(17)25/h2-10H,11-14H2,1H3,(H2,26,27,30,32). The van der Waals surface area contributed by atoms with Crippen molar-refractivity contribution in [3.05, 3.63) is 70.4 Å². The third kappa shape index (κ3) is 5.24. The third-order valence-electron chi connectivity index (χ3n) is 5.27. The lowest BCUT2D eigenvalue weighted by atomic mass is 10.2. The molecule has 0 bridgehead atoms. The number of benzene rings is 2. The number of nitrogens with one attached hydrogen (secondary N) is 2. The summed E-state index contributed by atoms with van der Waals surface area (Å²) in [4.78, 5) is 17.2. The van der Waals surface area contributed by atoms with Crippen molar-refractivity contribution in [2.45, 2.75) is 0 Å². The van der Waals surface area contributed by atoms with Gasteiger partial charge >= 0.3 is 0 Å². The van der Waals surface area contributed by atoms with E-state index in [1.807, 2.05) is 24.3 Å². The Bertz CT molecular complexity index is 1130. The van der Waals surface area contributed by atoms with Crippen LogP contribution < -0.4 is 15.5 Å². The SMILES string of the molecule is CN1CCN(c2ccc(NC(=S)NC(=O)c3ccc(-c4cccc(Cl)c4Cl)o3)cc2)CC1. The van der Waals surface area contributed by atoms with Gasteiger partial charge in [-0.25, -0.2) is 0 Å². The first kappa shape index (κ1) is 22.6. The summed E-state index contributed by atoms with van der Waals surface area (Å²) in [6.45, 7) is 4.11. The number of nitrogens with zero attached hydrogens (tertiary/aromatic N) is 2. The highest BCUT2D eigenvalue weighted by molar-refractivity contribution is 7.80. The molecule has 0 unspecified atom stereocenters. The topological polar surface area (TPSA) is 60.8 Å². The second-order valence-corrected chi connectivity index (χ2v) is 8.70. The average molecular weight is 489 g/mol. The van der Waals surface area contributed by atoms with Crippen LogP contribution in [0.5, 0.6) is 0 Å². The molecule has 1 aliphatic heterocycles. The van der Waals surface area contributed by atoms with Gasteiger partial charge < -0.3 is 19.5 Å². The van der Waals surface area contributed by atoms with E-state index in [2.05, 4.69) is 27.5 Å². The number of carbonyl (C=O) groups is 1. The normalized spacial score (nSPS) is 14.3. The maximum atomic E-state index is 12.5. The Labute approximate surface area is 202 Å². The van der Waals surface area contributed by atoms with Gasteiger partial charge in [-0.1, -0.05) is 29.3 Å². The molecule has 2 N–H and O–H groups in total. The molecule has 0 spiro atoms. The fourth-order valence-electron chi connectivity index (χ4n) is 3.45. The highest BCUT2D eigenvalue weighted by Crippen LogP contribution is 2.34. The molecule has 166 valence electrons. The summed E-state index contributed by atoms with van der Waals surface area (Å²) in [5, 5.41) is 6.62. The van der Waals surface area contributed by atoms with Crippen molar-refractivity contribution in [2.75, 3.05) is 43.4 Å². The summed E-state index contributed by atoms with van der Waals surface area (Å²) < 4.78 is 5.66. The van der Waals surface area contributed by atoms with Crippen LogP contribution in [0.15, 0.2) is 59.0 Å². The lowest BCUT2D eigenvalue weighted by molar-refractivity contribution is 0.0951. The lowest BCUT2D eigenvalue weighted by Crippen LogP contribution is -2.44. The number of anilines is 2. The molecule has 6 nitrogen and oxygen atoms in total. The number of rotatable bonds is 4. The molecule has 0 aliphatic carbocycles. The minimum absolute atomic E-state index is 0.116. The lowest BCUT2D eigenvalue weighted by Gasteiger charge is -2.34. The van der Waals surface area contributed by atoms with Gasteiger partial charge in [0.25, 0.3) is 5.91 Å². The Hall–Kier alpha value is -2.58.